The van der Waals surface area contributed by atoms with Crippen molar-refractivity contribution in [2.45, 2.75) is 90.3 Å². The Labute approximate surface area is 322 Å². The first-order chi connectivity index (χ1) is 26.7. The van der Waals surface area contributed by atoms with Crippen LogP contribution in [0.5, 0.6) is 0 Å². The summed E-state index contributed by atoms with van der Waals surface area (Å²) >= 11 is 0. The molecule has 0 aromatic rings. The zero-order chi connectivity index (χ0) is 42.5. The molecule has 0 saturated carbocycles. The highest BCUT2D eigenvalue weighted by molar-refractivity contribution is 6.02. The summed E-state index contributed by atoms with van der Waals surface area (Å²) in [4.78, 5) is 123. The quantitative estimate of drug-likeness (QED) is 0.0676. The average Bonchev–Trinajstić information content (AvgIpc) is 3.69. The van der Waals surface area contributed by atoms with Crippen LogP contribution in [0.1, 0.15) is 78.1 Å². The number of hydrogen-bond acceptors (Lipinski definition) is 21. The van der Waals surface area contributed by atoms with Gasteiger partial charge in [-0.1, -0.05) is 24.0 Å². The van der Waals surface area contributed by atoms with Crippen molar-refractivity contribution in [2.75, 3.05) is 60.9 Å². The summed E-state index contributed by atoms with van der Waals surface area (Å²) in [5.41, 5.74) is 4.50. The van der Waals surface area contributed by atoms with Gasteiger partial charge in [-0.05, 0) is 19.9 Å². The maximum absolute atomic E-state index is 11.8. The van der Waals surface area contributed by atoms with Crippen molar-refractivity contribution < 1.29 is 95.5 Å². The van der Waals surface area contributed by atoms with Crippen molar-refractivity contribution in [3.8, 4) is 0 Å². The Bertz CT molecular complexity index is 1220. The summed E-state index contributed by atoms with van der Waals surface area (Å²) < 4.78 is 39.4. The Kier molecular flexibility index (Phi) is 27.0. The highest BCUT2D eigenvalue weighted by atomic mass is 16.8. The van der Waals surface area contributed by atoms with E-state index >= 15 is 0 Å². The van der Waals surface area contributed by atoms with Gasteiger partial charge in [0.05, 0.1) is 14.2 Å². The van der Waals surface area contributed by atoms with E-state index in [0.29, 0.717) is 6.42 Å². The van der Waals surface area contributed by atoms with E-state index in [1.54, 1.807) is 13.8 Å². The van der Waals surface area contributed by atoms with E-state index in [9.17, 15) is 47.9 Å². The zero-order valence-electron chi connectivity index (χ0n) is 32.1. The number of hydrogen-bond donors (Lipinski definition) is 1. The van der Waals surface area contributed by atoms with Gasteiger partial charge in [-0.25, -0.2) is 9.59 Å². The second-order valence-electron chi connectivity index (χ2n) is 10.9. The molecule has 0 radical (unpaired) electrons. The van der Waals surface area contributed by atoms with E-state index < -0.39 is 67.3 Å². The maximum Gasteiger partial charge on any atom is 0.534 e. The second-order valence-corrected chi connectivity index (χ2v) is 10.9. The van der Waals surface area contributed by atoms with Crippen molar-refractivity contribution in [3.63, 3.8) is 0 Å². The molecule has 0 aliphatic carbocycles. The molecule has 0 atom stereocenters. The number of methoxy groups -OCH3 is 2. The normalized spacial score (nSPS) is 13.3. The summed E-state index contributed by atoms with van der Waals surface area (Å²) in [6.07, 6.45) is -3.26. The maximum atomic E-state index is 11.8. The first-order valence-electron chi connectivity index (χ1n) is 17.4. The van der Waals surface area contributed by atoms with E-state index in [2.05, 4.69) is 24.9 Å². The molecular formula is C33H51N3O20. The predicted octanol–water partition coefficient (Wildman–Crippen LogP) is 0.565. The lowest BCUT2D eigenvalue weighted by Crippen LogP contribution is -2.36. The summed E-state index contributed by atoms with van der Waals surface area (Å²) in [6.45, 7) is 2.58. The second kappa shape index (κ2) is 29.9. The molecule has 56 heavy (non-hydrogen) atoms. The molecule has 2 aliphatic rings. The molecule has 2 saturated heterocycles. The van der Waals surface area contributed by atoms with E-state index in [4.69, 9.17) is 28.4 Å². The van der Waals surface area contributed by atoms with Crippen LogP contribution in [0.15, 0.2) is 0 Å². The molecule has 4 amide bonds. The van der Waals surface area contributed by atoms with Crippen LogP contribution in [0, 0.1) is 0 Å². The number of rotatable bonds is 22. The number of ether oxygens (including phenoxy) is 8. The van der Waals surface area contributed by atoms with Crippen LogP contribution in [0.3, 0.4) is 0 Å². The van der Waals surface area contributed by atoms with Gasteiger partial charge in [-0.2, -0.15) is 0 Å². The molecule has 2 aliphatic heterocycles. The van der Waals surface area contributed by atoms with Gasteiger partial charge >= 0.3 is 36.2 Å². The Hall–Kier alpha value is -5.42. The van der Waals surface area contributed by atoms with Crippen molar-refractivity contribution in [3.05, 3.63) is 0 Å². The Balaban J connectivity index is 0.00000114. The number of amides is 4. The summed E-state index contributed by atoms with van der Waals surface area (Å²) in [5, 5.41) is 0.568. The number of nitrogens with zero attached hydrogens (tertiary/aromatic N) is 2. The van der Waals surface area contributed by atoms with E-state index in [1.165, 1.54) is 21.3 Å². The number of carbonyl (C=O) groups is 10. The van der Waals surface area contributed by atoms with Crippen LogP contribution in [-0.4, -0.2) is 143 Å². The molecule has 0 unspecified atom stereocenters. The molecule has 0 spiro atoms. The van der Waals surface area contributed by atoms with Crippen LogP contribution in [0.2, 0.25) is 0 Å². The topological polar surface area (TPSA) is 295 Å². The van der Waals surface area contributed by atoms with Crippen molar-refractivity contribution in [1.29, 1.82) is 0 Å². The van der Waals surface area contributed by atoms with Gasteiger partial charge in [0.2, 0.25) is 0 Å². The van der Waals surface area contributed by atoms with Gasteiger partial charge in [0.1, 0.15) is 38.6 Å². The number of hydroxylamine groups is 4. The molecule has 2 N–H and O–H groups in total. The van der Waals surface area contributed by atoms with Crippen LogP contribution < -0.4 is 5.73 Å². The largest absolute Gasteiger partial charge is 0.534 e. The first-order valence-corrected chi connectivity index (χ1v) is 17.4. The fourth-order valence-electron chi connectivity index (χ4n) is 3.84. The third kappa shape index (κ3) is 22.1. The van der Waals surface area contributed by atoms with E-state index in [0.717, 1.165) is 0 Å². The van der Waals surface area contributed by atoms with Crippen LogP contribution in [0.25, 0.3) is 0 Å². The molecular weight excluding hydrogens is 758 g/mol. The van der Waals surface area contributed by atoms with Gasteiger partial charge in [-0.3, -0.25) is 48.0 Å². The first kappa shape index (κ1) is 50.6. The molecule has 2 heterocycles. The van der Waals surface area contributed by atoms with E-state index in [1.807, 2.05) is 0 Å². The lowest BCUT2D eigenvalue weighted by Gasteiger charge is -2.19. The van der Waals surface area contributed by atoms with Crippen LogP contribution >= 0.6 is 0 Å². The third-order valence-electron chi connectivity index (χ3n) is 6.77. The molecule has 318 valence electrons. The summed E-state index contributed by atoms with van der Waals surface area (Å²) in [7, 11) is 4.04. The van der Waals surface area contributed by atoms with Crippen molar-refractivity contribution >= 4 is 59.8 Å². The predicted molar refractivity (Wildman–Crippen MR) is 182 cm³/mol. The summed E-state index contributed by atoms with van der Waals surface area (Å²) in [6, 6.07) is 0. The monoisotopic (exact) mass is 809 g/mol. The number of esters is 4. The smallest absolute Gasteiger partial charge is 0.469 e. The Morgan fingerprint density at radius 1 is 0.536 bits per heavy atom. The lowest BCUT2D eigenvalue weighted by molar-refractivity contribution is -0.179. The molecule has 0 aromatic carbocycles. The highest BCUT2D eigenvalue weighted by Crippen LogP contribution is 2.14. The SMILES string of the molecule is CCC(=O)OCC(COC(=O)CC)OCCCC(=O)OC.CN.COC(=O)CCCOC(COC(=O)ON1C(=O)CCC1=O)COC(=O)ON1C(=O)CCC1=O. The lowest BCUT2D eigenvalue weighted by atomic mass is 10.3. The average molecular weight is 810 g/mol. The number of nitrogens with two attached hydrogens (primary N) is 1. The molecule has 2 fully saturated rings. The molecule has 23 nitrogen and oxygen atoms in total. The Morgan fingerprint density at radius 3 is 1.12 bits per heavy atom. The van der Waals surface area contributed by atoms with Crippen molar-refractivity contribution in [1.82, 2.24) is 10.1 Å². The zero-order valence-corrected chi connectivity index (χ0v) is 32.1. The van der Waals surface area contributed by atoms with E-state index in [-0.39, 0.29) is 112 Å². The third-order valence-corrected chi connectivity index (χ3v) is 6.77. The Morgan fingerprint density at radius 2 is 0.839 bits per heavy atom. The minimum absolute atomic E-state index is 0.0158. The molecule has 2 rings (SSSR count). The minimum Gasteiger partial charge on any atom is -0.469 e. The molecule has 23 heteroatoms. The molecule has 0 aromatic heterocycles. The molecule has 0 bridgehead atoms. The fraction of sp³-hybridized carbons (Fsp3) is 0.697. The fourth-order valence-corrected chi connectivity index (χ4v) is 3.84. The van der Waals surface area contributed by atoms with Gasteiger partial charge in [0, 0.05) is 64.6 Å². The van der Waals surface area contributed by atoms with Crippen LogP contribution in [-0.2, 0) is 85.9 Å². The van der Waals surface area contributed by atoms with Gasteiger partial charge in [-0.15, -0.1) is 0 Å². The number of carbonyl (C=O) groups excluding carboxylic acids is 10. The summed E-state index contributed by atoms with van der Waals surface area (Å²) in [5.74, 6) is -4.30. The van der Waals surface area contributed by atoms with Gasteiger partial charge < -0.3 is 43.6 Å². The van der Waals surface area contributed by atoms with Gasteiger partial charge in [0.25, 0.3) is 23.6 Å². The number of imide groups is 2. The van der Waals surface area contributed by atoms with Crippen LogP contribution in [0.4, 0.5) is 9.59 Å². The minimum atomic E-state index is -1.38. The van der Waals surface area contributed by atoms with Gasteiger partial charge in [0.15, 0.2) is 0 Å². The highest BCUT2D eigenvalue weighted by Gasteiger charge is 2.35. The standard InChI is InChI=1S/C18H22N2O13.C14H24O7.CH5N/c1-28-16(25)3-2-8-29-11(9-30-17(26)32-19-12(21)4-5-13(19)22)10-31-18(27)33-20-14(23)6-7-15(20)24;1-4-12(15)20-9-11(10-21-13(16)5-2)19-8-6-7-14(17)18-3;1-2/h11H,2-10H2,1H3;11H,4-10H2,1-3H3;2H2,1H3. The van der Waals surface area contributed by atoms with Crippen molar-refractivity contribution in [2.24, 2.45) is 5.73 Å².